The van der Waals surface area contributed by atoms with E-state index in [9.17, 15) is 10.1 Å². The zero-order chi connectivity index (χ0) is 17.2. The zero-order valence-electron chi connectivity index (χ0n) is 13.3. The smallest absolute Gasteiger partial charge is 0.270 e. The highest BCUT2D eigenvalue weighted by molar-refractivity contribution is 5.93. The molecule has 2 aromatic carbocycles. The molecule has 0 fully saturated rings. The Morgan fingerprint density at radius 2 is 1.96 bits per heavy atom. The summed E-state index contributed by atoms with van der Waals surface area (Å²) in [5.41, 5.74) is 4.44. The summed E-state index contributed by atoms with van der Waals surface area (Å²) in [5.74, 6) is 0. The number of nitro groups is 1. The molecule has 0 unspecified atom stereocenters. The van der Waals surface area contributed by atoms with Crippen molar-refractivity contribution in [3.63, 3.8) is 0 Å². The quantitative estimate of drug-likeness (QED) is 0.390. The normalized spacial score (nSPS) is 10.9. The molecule has 122 valence electrons. The summed E-state index contributed by atoms with van der Waals surface area (Å²) < 4.78 is 5.62. The highest BCUT2D eigenvalue weighted by Crippen LogP contribution is 2.33. The molecule has 0 aliphatic heterocycles. The minimum atomic E-state index is -0.388. The van der Waals surface area contributed by atoms with Crippen LogP contribution in [0.3, 0.4) is 0 Å². The maximum atomic E-state index is 11.1. The number of hydrogen-bond donors (Lipinski definition) is 0. The average Bonchev–Trinajstić information content (AvgIpc) is 3.10. The lowest BCUT2D eigenvalue weighted by molar-refractivity contribution is -0.384. The van der Waals surface area contributed by atoms with Gasteiger partial charge in [0, 0.05) is 41.4 Å². The first-order chi connectivity index (χ1) is 12.2. The Labute approximate surface area is 143 Å². The second-order valence-corrected chi connectivity index (χ2v) is 5.79. The lowest BCUT2D eigenvalue weighted by Crippen LogP contribution is -1.93. The Bertz CT molecular complexity index is 1050. The summed E-state index contributed by atoms with van der Waals surface area (Å²) in [7, 11) is 0. The highest BCUT2D eigenvalue weighted by Gasteiger charge is 2.13. The van der Waals surface area contributed by atoms with E-state index in [0.29, 0.717) is 6.42 Å². The topological polar surface area (TPSA) is 69.2 Å². The van der Waals surface area contributed by atoms with Crippen LogP contribution >= 0.6 is 0 Å². The Kier molecular flexibility index (Phi) is 3.74. The Morgan fingerprint density at radius 3 is 2.76 bits per heavy atom. The summed E-state index contributed by atoms with van der Waals surface area (Å²) >= 11 is 0. The van der Waals surface area contributed by atoms with Crippen molar-refractivity contribution in [3.05, 3.63) is 94.5 Å². The molecule has 5 heteroatoms. The number of benzene rings is 2. The lowest BCUT2D eigenvalue weighted by atomic mass is 9.98. The molecule has 0 spiro atoms. The summed E-state index contributed by atoms with van der Waals surface area (Å²) in [6.45, 7) is 0. The molecule has 0 N–H and O–H groups in total. The van der Waals surface area contributed by atoms with E-state index in [-0.39, 0.29) is 10.6 Å². The van der Waals surface area contributed by atoms with Crippen LogP contribution in [0.1, 0.15) is 11.3 Å². The van der Waals surface area contributed by atoms with Gasteiger partial charge in [0.25, 0.3) is 5.69 Å². The number of nitro benzene ring substituents is 1. The molecule has 0 amide bonds. The van der Waals surface area contributed by atoms with Gasteiger partial charge in [-0.15, -0.1) is 0 Å². The predicted octanol–water partition coefficient (Wildman–Crippen LogP) is 4.99. The van der Waals surface area contributed by atoms with Gasteiger partial charge in [0.05, 0.1) is 11.2 Å². The summed E-state index contributed by atoms with van der Waals surface area (Å²) in [6.07, 6.45) is 4.09. The van der Waals surface area contributed by atoms with Crippen molar-refractivity contribution in [2.75, 3.05) is 0 Å². The zero-order valence-corrected chi connectivity index (χ0v) is 13.3. The third kappa shape index (κ3) is 2.99. The minimum absolute atomic E-state index is 0.0623. The van der Waals surface area contributed by atoms with Crippen LogP contribution in [0.15, 0.2) is 77.5 Å². The van der Waals surface area contributed by atoms with Gasteiger partial charge in [-0.05, 0) is 41.5 Å². The molecular weight excluding hydrogens is 316 g/mol. The third-order valence-electron chi connectivity index (χ3n) is 4.09. The summed E-state index contributed by atoms with van der Waals surface area (Å²) in [5, 5.41) is 12.0. The van der Waals surface area contributed by atoms with Gasteiger partial charge < -0.3 is 4.42 Å². The SMILES string of the molecule is O=[N+]([O-])c1cccc(-c2cc(Cc3ccccn3)cc3ccoc23)c1. The fourth-order valence-electron chi connectivity index (χ4n) is 2.96. The Balaban J connectivity index is 1.84. The molecule has 4 rings (SSSR count). The van der Waals surface area contributed by atoms with Crippen molar-refractivity contribution in [3.8, 4) is 11.1 Å². The van der Waals surface area contributed by atoms with Crippen LogP contribution in [0.5, 0.6) is 0 Å². The van der Waals surface area contributed by atoms with Crippen molar-refractivity contribution in [2.24, 2.45) is 0 Å². The molecule has 0 aliphatic carbocycles. The standard InChI is InChI=1S/C20H14N2O3/c23-22(24)18-6-3-4-15(13-18)19-12-14(10-16-7-9-25-20(16)19)11-17-5-1-2-8-21-17/h1-10,12-13H,11H2. The van der Waals surface area contributed by atoms with Gasteiger partial charge in [-0.3, -0.25) is 15.1 Å². The highest BCUT2D eigenvalue weighted by atomic mass is 16.6. The number of nitrogens with zero attached hydrogens (tertiary/aromatic N) is 2. The van der Waals surface area contributed by atoms with Crippen LogP contribution in [-0.4, -0.2) is 9.91 Å². The van der Waals surface area contributed by atoms with Crippen LogP contribution in [-0.2, 0) is 6.42 Å². The number of pyridine rings is 1. The van der Waals surface area contributed by atoms with Crippen LogP contribution in [0.25, 0.3) is 22.1 Å². The maximum absolute atomic E-state index is 11.1. The van der Waals surface area contributed by atoms with E-state index >= 15 is 0 Å². The van der Waals surface area contributed by atoms with Gasteiger partial charge in [0.15, 0.2) is 0 Å². The molecule has 4 aromatic rings. The van der Waals surface area contributed by atoms with Crippen molar-refractivity contribution in [2.45, 2.75) is 6.42 Å². The number of rotatable bonds is 4. The van der Waals surface area contributed by atoms with E-state index in [1.165, 1.54) is 6.07 Å². The molecule has 25 heavy (non-hydrogen) atoms. The van der Waals surface area contributed by atoms with E-state index in [1.807, 2.05) is 36.4 Å². The molecule has 2 heterocycles. The first-order valence-electron chi connectivity index (χ1n) is 7.85. The molecule has 0 bridgehead atoms. The average molecular weight is 330 g/mol. The Morgan fingerprint density at radius 1 is 1.04 bits per heavy atom. The van der Waals surface area contributed by atoms with Crippen LogP contribution in [0.4, 0.5) is 5.69 Å². The van der Waals surface area contributed by atoms with E-state index in [4.69, 9.17) is 4.42 Å². The van der Waals surface area contributed by atoms with Gasteiger partial charge in [-0.25, -0.2) is 0 Å². The van der Waals surface area contributed by atoms with E-state index < -0.39 is 0 Å². The van der Waals surface area contributed by atoms with Crippen molar-refractivity contribution in [1.82, 2.24) is 4.98 Å². The monoisotopic (exact) mass is 330 g/mol. The number of furan rings is 1. The number of hydrogen-bond acceptors (Lipinski definition) is 4. The second kappa shape index (κ2) is 6.20. The van der Waals surface area contributed by atoms with E-state index in [0.717, 1.165) is 33.4 Å². The number of aromatic nitrogens is 1. The third-order valence-corrected chi connectivity index (χ3v) is 4.09. The molecular formula is C20H14N2O3. The first kappa shape index (κ1) is 15.1. The van der Waals surface area contributed by atoms with Gasteiger partial charge in [-0.2, -0.15) is 0 Å². The van der Waals surface area contributed by atoms with Gasteiger partial charge in [0.1, 0.15) is 5.58 Å². The molecule has 2 aromatic heterocycles. The van der Waals surface area contributed by atoms with Crippen LogP contribution < -0.4 is 0 Å². The number of fused-ring (bicyclic) bond motifs is 1. The fraction of sp³-hybridized carbons (Fsp3) is 0.0500. The fourth-order valence-corrected chi connectivity index (χ4v) is 2.96. The molecule has 5 nitrogen and oxygen atoms in total. The molecule has 0 radical (unpaired) electrons. The molecule has 0 atom stereocenters. The van der Waals surface area contributed by atoms with Gasteiger partial charge in [0.2, 0.25) is 0 Å². The van der Waals surface area contributed by atoms with Crippen molar-refractivity contribution in [1.29, 1.82) is 0 Å². The van der Waals surface area contributed by atoms with E-state index in [2.05, 4.69) is 11.1 Å². The van der Waals surface area contributed by atoms with Gasteiger partial charge in [-0.1, -0.05) is 18.2 Å². The van der Waals surface area contributed by atoms with Crippen molar-refractivity contribution >= 4 is 16.7 Å². The minimum Gasteiger partial charge on any atom is -0.464 e. The predicted molar refractivity (Wildman–Crippen MR) is 95.3 cm³/mol. The number of non-ortho nitro benzene ring substituents is 1. The lowest BCUT2D eigenvalue weighted by Gasteiger charge is -2.07. The summed E-state index contributed by atoms with van der Waals surface area (Å²) in [6, 6.07) is 18.4. The molecule has 0 saturated heterocycles. The molecule has 0 aliphatic rings. The van der Waals surface area contributed by atoms with Gasteiger partial charge >= 0.3 is 0 Å². The van der Waals surface area contributed by atoms with E-state index in [1.54, 1.807) is 24.6 Å². The van der Waals surface area contributed by atoms with Crippen LogP contribution in [0.2, 0.25) is 0 Å². The maximum Gasteiger partial charge on any atom is 0.270 e. The largest absolute Gasteiger partial charge is 0.464 e. The van der Waals surface area contributed by atoms with Crippen molar-refractivity contribution < 1.29 is 9.34 Å². The summed E-state index contributed by atoms with van der Waals surface area (Å²) in [4.78, 5) is 15.1. The second-order valence-electron chi connectivity index (χ2n) is 5.79. The first-order valence-corrected chi connectivity index (χ1v) is 7.85. The Hall–Kier alpha value is -3.47. The van der Waals surface area contributed by atoms with Crippen LogP contribution in [0, 0.1) is 10.1 Å². The molecule has 0 saturated carbocycles.